The van der Waals surface area contributed by atoms with Crippen molar-refractivity contribution < 1.29 is 0 Å². The predicted molar refractivity (Wildman–Crippen MR) is 260 cm³/mol. The van der Waals surface area contributed by atoms with Gasteiger partial charge >= 0.3 is 0 Å². The third-order valence-electron chi connectivity index (χ3n) is 14.8. The van der Waals surface area contributed by atoms with E-state index in [0.717, 1.165) is 28.2 Å². The van der Waals surface area contributed by atoms with E-state index in [9.17, 15) is 0 Å². The van der Waals surface area contributed by atoms with Gasteiger partial charge in [0.15, 0.2) is 0 Å². The van der Waals surface area contributed by atoms with Gasteiger partial charge in [-0.3, -0.25) is 9.97 Å². The summed E-state index contributed by atoms with van der Waals surface area (Å²) in [7, 11) is 0. The Kier molecular flexibility index (Phi) is 6.76. The quantitative estimate of drug-likeness (QED) is 0.174. The Morgan fingerprint density at radius 2 is 0.938 bits per heavy atom. The first-order valence-corrected chi connectivity index (χ1v) is 22.9. The second-order valence-electron chi connectivity index (χ2n) is 17.6. The molecule has 4 heteroatoms. The van der Waals surface area contributed by atoms with Crippen LogP contribution in [-0.2, 0) is 10.8 Å². The van der Waals surface area contributed by atoms with E-state index in [1.807, 2.05) is 18.0 Å². The predicted octanol–water partition coefficient (Wildman–Crippen LogP) is 14.4. The molecule has 2 spiro atoms. The summed E-state index contributed by atoms with van der Waals surface area (Å²) in [5.41, 5.74) is 22.1. The molecule has 1 atom stereocenters. The van der Waals surface area contributed by atoms with Crippen molar-refractivity contribution >= 4 is 33.6 Å². The summed E-state index contributed by atoms with van der Waals surface area (Å²) in [6.45, 7) is 0. The van der Waals surface area contributed by atoms with E-state index in [4.69, 9.17) is 9.97 Å². The minimum atomic E-state index is -0.658. The fourth-order valence-corrected chi connectivity index (χ4v) is 13.6. The second-order valence-corrected chi connectivity index (χ2v) is 18.7. The highest BCUT2D eigenvalue weighted by Crippen LogP contribution is 2.67. The molecule has 0 N–H and O–H groups in total. The zero-order chi connectivity index (χ0) is 41.7. The molecule has 64 heavy (non-hydrogen) atoms. The van der Waals surface area contributed by atoms with Gasteiger partial charge in [0.2, 0.25) is 0 Å². The summed E-state index contributed by atoms with van der Waals surface area (Å²) in [5.74, 6) is 0. The summed E-state index contributed by atoms with van der Waals surface area (Å²) in [6, 6.07) is 74.7. The van der Waals surface area contributed by atoms with Crippen molar-refractivity contribution in [3.63, 3.8) is 0 Å². The summed E-state index contributed by atoms with van der Waals surface area (Å²) >= 11 is 1.90. The van der Waals surface area contributed by atoms with Crippen molar-refractivity contribution in [3.8, 4) is 50.5 Å². The normalized spacial score (nSPS) is 16.2. The number of aromatic nitrogens is 3. The molecule has 4 aliphatic rings. The van der Waals surface area contributed by atoms with Crippen LogP contribution in [0.15, 0.2) is 222 Å². The molecule has 11 aromatic rings. The number of rotatable bonds is 2. The average molecular weight is 830 g/mol. The van der Waals surface area contributed by atoms with Gasteiger partial charge in [-0.25, -0.2) is 0 Å². The topological polar surface area (TPSA) is 30.7 Å². The van der Waals surface area contributed by atoms with Gasteiger partial charge in [0.1, 0.15) is 0 Å². The molecule has 296 valence electrons. The number of para-hydroxylation sites is 2. The first-order valence-electron chi connectivity index (χ1n) is 22.1. The number of benzene rings is 8. The molecule has 3 aliphatic carbocycles. The van der Waals surface area contributed by atoms with Crippen LogP contribution in [0.4, 0.5) is 0 Å². The van der Waals surface area contributed by atoms with Crippen LogP contribution in [0.2, 0.25) is 0 Å². The van der Waals surface area contributed by atoms with Crippen molar-refractivity contribution in [3.05, 3.63) is 257 Å². The SMILES string of the molecule is c1cc(-c2cnc3c(c2)C2(c4ccccc4Sc4cc5c(cc42)-c2ccccc2C52c4ccccc4-c4ccccc42)c2cccnc2-3)cc(-n2c3ccccc3c3ccccc32)c1. The lowest BCUT2D eigenvalue weighted by atomic mass is 9.66. The van der Waals surface area contributed by atoms with Gasteiger partial charge in [-0.05, 0) is 121 Å². The fraction of sp³-hybridized carbons (Fsp3) is 0.0333. The molecule has 0 fully saturated rings. The van der Waals surface area contributed by atoms with Crippen LogP contribution in [-0.4, -0.2) is 14.5 Å². The molecule has 8 aromatic carbocycles. The first-order chi connectivity index (χ1) is 31.7. The van der Waals surface area contributed by atoms with Crippen LogP contribution < -0.4 is 0 Å². The largest absolute Gasteiger partial charge is 0.309 e. The first kappa shape index (κ1) is 34.8. The Hall–Kier alpha value is -7.79. The van der Waals surface area contributed by atoms with Crippen molar-refractivity contribution in [2.45, 2.75) is 20.6 Å². The highest BCUT2D eigenvalue weighted by atomic mass is 32.2. The van der Waals surface area contributed by atoms with E-state index in [2.05, 4.69) is 211 Å². The fourth-order valence-electron chi connectivity index (χ4n) is 12.4. The third-order valence-corrected chi connectivity index (χ3v) is 15.9. The molecule has 0 amide bonds. The van der Waals surface area contributed by atoms with Gasteiger partial charge in [0.25, 0.3) is 0 Å². The Morgan fingerprint density at radius 1 is 0.359 bits per heavy atom. The number of nitrogens with zero attached hydrogens (tertiary/aromatic N) is 3. The van der Waals surface area contributed by atoms with Gasteiger partial charge in [0.05, 0.1) is 33.3 Å². The zero-order valence-corrected chi connectivity index (χ0v) is 35.3. The molecule has 4 heterocycles. The Balaban J connectivity index is 0.999. The Morgan fingerprint density at radius 3 is 1.66 bits per heavy atom. The molecule has 0 radical (unpaired) electrons. The lowest BCUT2D eigenvalue weighted by molar-refractivity contribution is 0.715. The third kappa shape index (κ3) is 4.15. The maximum absolute atomic E-state index is 5.40. The average Bonchev–Trinajstić information content (AvgIpc) is 4.05. The van der Waals surface area contributed by atoms with Crippen LogP contribution in [0.25, 0.3) is 72.3 Å². The molecule has 0 saturated heterocycles. The summed E-state index contributed by atoms with van der Waals surface area (Å²) < 4.78 is 2.40. The Labute approximate surface area is 374 Å². The van der Waals surface area contributed by atoms with E-state index >= 15 is 0 Å². The lowest BCUT2D eigenvalue weighted by Gasteiger charge is -2.40. The van der Waals surface area contributed by atoms with Gasteiger partial charge in [0, 0.05) is 49.8 Å². The lowest BCUT2D eigenvalue weighted by Crippen LogP contribution is -2.33. The number of pyridine rings is 2. The smallest absolute Gasteiger partial charge is 0.0937 e. The summed E-state index contributed by atoms with van der Waals surface area (Å²) in [5, 5.41) is 2.51. The number of fused-ring (bicyclic) bond motifs is 22. The molecule has 15 rings (SSSR count). The van der Waals surface area contributed by atoms with Crippen LogP contribution in [0, 0.1) is 0 Å². The molecule has 3 nitrogen and oxygen atoms in total. The molecule has 0 bridgehead atoms. The van der Waals surface area contributed by atoms with Crippen molar-refractivity contribution in [2.75, 3.05) is 0 Å². The monoisotopic (exact) mass is 829 g/mol. The molecule has 3 aromatic heterocycles. The summed E-state index contributed by atoms with van der Waals surface area (Å²) in [4.78, 5) is 13.1. The van der Waals surface area contributed by atoms with Crippen LogP contribution in [0.1, 0.15) is 44.5 Å². The van der Waals surface area contributed by atoms with Crippen LogP contribution in [0.3, 0.4) is 0 Å². The maximum Gasteiger partial charge on any atom is 0.0937 e. The summed E-state index contributed by atoms with van der Waals surface area (Å²) in [6.07, 6.45) is 3.98. The Bertz CT molecular complexity index is 3760. The van der Waals surface area contributed by atoms with E-state index in [1.165, 1.54) is 98.4 Å². The van der Waals surface area contributed by atoms with E-state index in [0.29, 0.717) is 0 Å². The molecule has 0 saturated carbocycles. The zero-order valence-electron chi connectivity index (χ0n) is 34.5. The standard InChI is InChI=1S/C60H35N3S/c1-6-22-45-39(17-1)40-18-2-7-23-46(40)59(45)47-24-8-3-19-41(47)44-33-51-56(34-50(44)59)64-55-29-12-9-25-48(55)60(51)49-26-14-30-61-57(49)58-52(60)32-37(35-62-58)36-15-13-16-38(31-36)63-53-27-10-4-20-42(53)43-21-5-11-28-54(43)63/h1-35H. The van der Waals surface area contributed by atoms with Crippen molar-refractivity contribution in [1.82, 2.24) is 14.5 Å². The van der Waals surface area contributed by atoms with Crippen molar-refractivity contribution in [2.24, 2.45) is 0 Å². The molecule has 1 unspecified atom stereocenters. The highest BCUT2D eigenvalue weighted by Gasteiger charge is 2.55. The minimum Gasteiger partial charge on any atom is -0.309 e. The van der Waals surface area contributed by atoms with Gasteiger partial charge in [-0.1, -0.05) is 157 Å². The van der Waals surface area contributed by atoms with Gasteiger partial charge < -0.3 is 4.57 Å². The van der Waals surface area contributed by atoms with Gasteiger partial charge in [-0.2, -0.15) is 0 Å². The van der Waals surface area contributed by atoms with E-state index in [-0.39, 0.29) is 0 Å². The highest BCUT2D eigenvalue weighted by molar-refractivity contribution is 7.99. The molecular formula is C60H35N3S. The minimum absolute atomic E-state index is 0.429. The second kappa shape index (κ2) is 12.4. The molecule has 1 aliphatic heterocycles. The van der Waals surface area contributed by atoms with Crippen LogP contribution in [0.5, 0.6) is 0 Å². The maximum atomic E-state index is 5.40. The van der Waals surface area contributed by atoms with E-state index < -0.39 is 10.8 Å². The number of hydrogen-bond acceptors (Lipinski definition) is 3. The van der Waals surface area contributed by atoms with Crippen molar-refractivity contribution in [1.29, 1.82) is 0 Å². The van der Waals surface area contributed by atoms with E-state index in [1.54, 1.807) is 0 Å². The van der Waals surface area contributed by atoms with Crippen LogP contribution >= 0.6 is 11.8 Å². The number of hydrogen-bond donors (Lipinski definition) is 0. The van der Waals surface area contributed by atoms with Gasteiger partial charge in [-0.15, -0.1) is 0 Å². The molecular weight excluding hydrogens is 795 g/mol.